The first-order chi connectivity index (χ1) is 10.3. The normalized spacial score (nSPS) is 10.2. The van der Waals surface area contributed by atoms with Crippen LogP contribution >= 0.6 is 17.9 Å². The Morgan fingerprint density at radius 3 is 2.48 bits per heavy atom. The third-order valence-corrected chi connectivity index (χ3v) is 4.26. The Labute approximate surface area is 143 Å². The number of nitrogens with zero attached hydrogens (tertiary/aromatic N) is 1. The number of phenols is 1. The van der Waals surface area contributed by atoms with Gasteiger partial charge in [0, 0.05) is 5.30 Å². The zero-order chi connectivity index (χ0) is 15.7. The summed E-state index contributed by atoms with van der Waals surface area (Å²) in [4.78, 5) is 0. The molecule has 2 aromatic carbocycles. The van der Waals surface area contributed by atoms with Crippen molar-refractivity contribution < 1.29 is 29.2 Å². The Bertz CT molecular complexity index is 569. The van der Waals surface area contributed by atoms with Gasteiger partial charge in [-0.1, -0.05) is 50.5 Å². The predicted molar refractivity (Wildman–Crippen MR) is 87.5 cm³/mol. The van der Waals surface area contributed by atoms with Gasteiger partial charge >= 0.3 is 28.7 Å². The molecule has 0 aliphatic rings. The third kappa shape index (κ3) is 5.28. The van der Waals surface area contributed by atoms with E-state index in [2.05, 4.69) is 26.8 Å². The first-order valence-corrected chi connectivity index (χ1v) is 9.36. The first-order valence-electron chi connectivity index (χ1n) is 6.21. The van der Waals surface area contributed by atoms with Crippen molar-refractivity contribution in [3.8, 4) is 11.5 Å². The molecule has 0 aromatic heterocycles. The van der Waals surface area contributed by atoms with Crippen molar-refractivity contribution in [3.05, 3.63) is 53.3 Å². The van der Waals surface area contributed by atoms with Gasteiger partial charge in [0.1, 0.15) is 0 Å². The van der Waals surface area contributed by atoms with Crippen molar-refractivity contribution in [1.29, 1.82) is 0 Å². The summed E-state index contributed by atoms with van der Waals surface area (Å²) in [7, 11) is 8.40. The van der Waals surface area contributed by atoms with Gasteiger partial charge in [-0.2, -0.15) is 7.05 Å². The Morgan fingerprint density at radius 1 is 1.14 bits per heavy atom. The summed E-state index contributed by atoms with van der Waals surface area (Å²) in [6, 6.07) is 13.8. The van der Waals surface area contributed by atoms with Gasteiger partial charge in [0.15, 0.2) is 11.5 Å². The molecule has 0 radical (unpaired) electrons. The number of para-hydroxylation sites is 1. The molecule has 0 heterocycles. The number of benzene rings is 2. The number of hydrogen-bond donors (Lipinski definition) is 1. The van der Waals surface area contributed by atoms with Crippen molar-refractivity contribution in [3.63, 3.8) is 0 Å². The van der Waals surface area contributed by atoms with Crippen molar-refractivity contribution >= 4 is 28.5 Å². The van der Waals surface area contributed by atoms with E-state index in [0.717, 1.165) is 5.30 Å². The molecule has 6 heteroatoms. The average molecular weight is 358 g/mol. The molecule has 1 unspecified atom stereocenters. The van der Waals surface area contributed by atoms with E-state index < -0.39 is 0 Å². The van der Waals surface area contributed by atoms with Crippen LogP contribution in [0, 0.1) is 0 Å². The molecule has 0 fully saturated rings. The van der Waals surface area contributed by atoms with Crippen molar-refractivity contribution in [2.24, 2.45) is 0 Å². The second-order valence-electron chi connectivity index (χ2n) is 4.11. The Morgan fingerprint density at radius 2 is 1.81 bits per heavy atom. The van der Waals surface area contributed by atoms with Crippen LogP contribution in [0.5, 0.6) is 11.5 Å². The number of ether oxygens (including phenoxy) is 1. The van der Waals surface area contributed by atoms with Crippen LogP contribution in [0.2, 0.25) is 0 Å². The molecule has 21 heavy (non-hydrogen) atoms. The minimum absolute atomic E-state index is 0.228. The number of methoxy groups -OCH3 is 1. The van der Waals surface area contributed by atoms with Gasteiger partial charge < -0.3 is 15.2 Å². The van der Waals surface area contributed by atoms with Crippen molar-refractivity contribution in [1.82, 2.24) is 0 Å². The van der Waals surface area contributed by atoms with Crippen LogP contribution in [-0.4, -0.2) is 19.3 Å². The number of halogens is 1. The second-order valence-corrected chi connectivity index (χ2v) is 5.44. The molecule has 2 rings (SSSR count). The van der Waals surface area contributed by atoms with Gasteiger partial charge in [-0.3, -0.25) is 0 Å². The van der Waals surface area contributed by atoms with E-state index in [-0.39, 0.29) is 5.75 Å². The zero-order valence-corrected chi connectivity index (χ0v) is 15.2. The molecular formula is C15H17ClNO2PTi. The van der Waals surface area contributed by atoms with Gasteiger partial charge in [0.25, 0.3) is 0 Å². The molecule has 0 saturated heterocycles. The Balaban J connectivity index is 0.00000106. The Hall–Kier alpha value is -0.566. The summed E-state index contributed by atoms with van der Waals surface area (Å²) in [5.41, 5.74) is 1.20. The molecule has 0 saturated carbocycles. The van der Waals surface area contributed by atoms with E-state index >= 15 is 0 Å². The van der Waals surface area contributed by atoms with Crippen LogP contribution in [0.1, 0.15) is 5.56 Å². The number of hydrogen-bond acceptors (Lipinski definition) is 2. The maximum atomic E-state index is 10.1. The van der Waals surface area contributed by atoms with Gasteiger partial charge in [-0.15, -0.1) is 6.54 Å². The van der Waals surface area contributed by atoms with E-state index in [0.29, 0.717) is 20.9 Å². The van der Waals surface area contributed by atoms with Crippen LogP contribution in [0.4, 0.5) is 0 Å². The quantitative estimate of drug-likeness (QED) is 0.659. The molecule has 0 amide bonds. The van der Waals surface area contributed by atoms with E-state index in [1.165, 1.54) is 30.2 Å². The maximum absolute atomic E-state index is 10.1. The van der Waals surface area contributed by atoms with E-state index in [4.69, 9.17) is 4.74 Å². The molecule has 0 spiro atoms. The fraction of sp³-hybridized carbons (Fsp3) is 0.200. The average Bonchev–Trinajstić information content (AvgIpc) is 2.53. The van der Waals surface area contributed by atoms with Crippen LogP contribution in [-0.2, 0) is 25.9 Å². The van der Waals surface area contributed by atoms with Gasteiger partial charge in [-0.05, 0) is 11.4 Å². The fourth-order valence-corrected chi connectivity index (χ4v) is 3.10. The van der Waals surface area contributed by atoms with E-state index in [1.807, 2.05) is 31.3 Å². The summed E-state index contributed by atoms with van der Waals surface area (Å²) in [5.74, 6) is 0.745. The molecule has 3 nitrogen and oxygen atoms in total. The number of rotatable bonds is 5. The molecule has 1 atom stereocenters. The fourth-order valence-electron chi connectivity index (χ4n) is 1.88. The van der Waals surface area contributed by atoms with Gasteiger partial charge in [-0.25, -0.2) is 0 Å². The van der Waals surface area contributed by atoms with Crippen LogP contribution < -0.4 is 15.3 Å². The van der Waals surface area contributed by atoms with Gasteiger partial charge in [0.05, 0.1) is 7.11 Å². The molecule has 0 aliphatic carbocycles. The number of phenolic OH excluding ortho intramolecular Hbond substituents is 1. The third-order valence-electron chi connectivity index (χ3n) is 2.83. The minimum atomic E-state index is 0.228. The summed E-state index contributed by atoms with van der Waals surface area (Å²) in [5, 5.41) is 16.4. The van der Waals surface area contributed by atoms with Crippen molar-refractivity contribution in [2.75, 3.05) is 14.2 Å². The van der Waals surface area contributed by atoms with Crippen LogP contribution in [0.3, 0.4) is 0 Å². The molecule has 2 aromatic rings. The molecule has 110 valence electrons. The van der Waals surface area contributed by atoms with E-state index in [9.17, 15) is 5.11 Å². The summed E-state index contributed by atoms with van der Waals surface area (Å²) in [6.45, 7) is 0.702. The van der Waals surface area contributed by atoms with Crippen molar-refractivity contribution in [2.45, 2.75) is 6.54 Å². The van der Waals surface area contributed by atoms with Gasteiger partial charge in [0.2, 0.25) is 0 Å². The second kappa shape index (κ2) is 10.2. The van der Waals surface area contributed by atoms with Crippen LogP contribution in [0.15, 0.2) is 42.5 Å². The molecule has 0 bridgehead atoms. The molecule has 1 N–H and O–H groups in total. The first kappa shape index (κ1) is 18.5. The zero-order valence-electron chi connectivity index (χ0n) is 11.9. The SMILES string of the molecule is C[N-]Cc1ccccc1Pc1cccc(OC)c1O.[Cl][Ti+]. The monoisotopic (exact) mass is 357 g/mol. The summed E-state index contributed by atoms with van der Waals surface area (Å²) < 4.78 is 5.14. The topological polar surface area (TPSA) is 43.6 Å². The predicted octanol–water partition coefficient (Wildman–Crippen LogP) is 3.22. The molecular weight excluding hydrogens is 340 g/mol. The summed E-state index contributed by atoms with van der Waals surface area (Å²) >= 11 is 1.47. The Kier molecular flexibility index (Phi) is 8.99. The summed E-state index contributed by atoms with van der Waals surface area (Å²) in [6.07, 6.45) is 0. The van der Waals surface area contributed by atoms with Crippen LogP contribution in [0.25, 0.3) is 5.32 Å². The number of aromatic hydroxyl groups is 1. The van der Waals surface area contributed by atoms with E-state index in [1.54, 1.807) is 13.2 Å². The standard InChI is InChI=1S/C15H17NO2P.ClH.Ti/c1-16-10-11-6-3-4-8-13(11)19-14-9-5-7-12(18-2)15(14)17;;/h3-9,17,19H,10H2,1-2H3;1H;/q-1;;+2/p-1. The molecule has 0 aliphatic heterocycles.